The molecular weight excluding hydrogens is 318 g/mol. The van der Waals surface area contributed by atoms with Crippen LogP contribution in [-0.2, 0) is 15.7 Å². The highest BCUT2D eigenvalue weighted by Gasteiger charge is 2.15. The minimum Gasteiger partial charge on any atom is -0.300 e. The van der Waals surface area contributed by atoms with Gasteiger partial charge in [0.05, 0.1) is 4.90 Å². The fourth-order valence-corrected chi connectivity index (χ4v) is 3.01. The lowest BCUT2D eigenvalue weighted by Gasteiger charge is -2.06. The van der Waals surface area contributed by atoms with E-state index in [0.717, 1.165) is 9.04 Å². The lowest BCUT2D eigenvalue weighted by atomic mass is 10.4. The van der Waals surface area contributed by atoms with Gasteiger partial charge in [-0.2, -0.15) is 0 Å². The SMILES string of the molecule is O=c1ccccn1CS(=O)(=O)c1ccc(Br)cc1. The highest BCUT2D eigenvalue weighted by atomic mass is 79.9. The van der Waals surface area contributed by atoms with Gasteiger partial charge in [-0.1, -0.05) is 22.0 Å². The molecule has 2 aromatic rings. The Balaban J connectivity index is 2.36. The average Bonchev–Trinajstić information content (AvgIpc) is 2.32. The molecule has 1 heterocycles. The van der Waals surface area contributed by atoms with E-state index in [2.05, 4.69) is 15.9 Å². The van der Waals surface area contributed by atoms with Crippen LogP contribution in [0.5, 0.6) is 0 Å². The summed E-state index contributed by atoms with van der Waals surface area (Å²) in [6.07, 6.45) is 1.46. The van der Waals surface area contributed by atoms with Crippen molar-refractivity contribution in [2.75, 3.05) is 0 Å². The second-order valence-electron chi connectivity index (χ2n) is 3.71. The van der Waals surface area contributed by atoms with E-state index in [1.165, 1.54) is 24.4 Å². The largest absolute Gasteiger partial charge is 0.300 e. The summed E-state index contributed by atoms with van der Waals surface area (Å²) in [5.41, 5.74) is -0.335. The number of rotatable bonds is 3. The third-order valence-electron chi connectivity index (χ3n) is 2.38. The number of aromatic nitrogens is 1. The normalized spacial score (nSPS) is 11.4. The molecule has 0 N–H and O–H groups in total. The summed E-state index contributed by atoms with van der Waals surface area (Å²) in [4.78, 5) is 11.7. The van der Waals surface area contributed by atoms with Crippen LogP contribution in [0.15, 0.2) is 62.8 Å². The van der Waals surface area contributed by atoms with Gasteiger partial charge in [-0.05, 0) is 30.3 Å². The number of sulfone groups is 1. The predicted octanol–water partition coefficient (Wildman–Crippen LogP) is 2.04. The summed E-state index contributed by atoms with van der Waals surface area (Å²) in [6, 6.07) is 10.8. The molecule has 0 radical (unpaired) electrons. The maximum Gasteiger partial charge on any atom is 0.251 e. The van der Waals surface area contributed by atoms with Gasteiger partial charge in [-0.3, -0.25) is 4.79 Å². The zero-order chi connectivity index (χ0) is 13.2. The van der Waals surface area contributed by atoms with Gasteiger partial charge < -0.3 is 4.57 Å². The Labute approximate surface area is 113 Å². The van der Waals surface area contributed by atoms with Gasteiger partial charge in [-0.15, -0.1) is 0 Å². The van der Waals surface area contributed by atoms with Crippen molar-refractivity contribution in [3.05, 3.63) is 63.5 Å². The molecule has 2 rings (SSSR count). The first-order valence-electron chi connectivity index (χ1n) is 5.13. The molecule has 0 aliphatic carbocycles. The van der Waals surface area contributed by atoms with E-state index in [4.69, 9.17) is 0 Å². The Morgan fingerprint density at radius 3 is 2.33 bits per heavy atom. The van der Waals surface area contributed by atoms with Crippen LogP contribution in [-0.4, -0.2) is 13.0 Å². The van der Waals surface area contributed by atoms with Crippen molar-refractivity contribution >= 4 is 25.8 Å². The van der Waals surface area contributed by atoms with Crippen molar-refractivity contribution in [2.24, 2.45) is 0 Å². The summed E-state index contributed by atoms with van der Waals surface area (Å²) >= 11 is 3.24. The summed E-state index contributed by atoms with van der Waals surface area (Å²) in [6.45, 7) is 0. The van der Waals surface area contributed by atoms with Crippen molar-refractivity contribution in [1.29, 1.82) is 0 Å². The van der Waals surface area contributed by atoms with Crippen molar-refractivity contribution in [3.63, 3.8) is 0 Å². The maximum atomic E-state index is 12.1. The molecule has 0 saturated carbocycles. The van der Waals surface area contributed by atoms with Crippen LogP contribution >= 0.6 is 15.9 Å². The van der Waals surface area contributed by atoms with Crippen LogP contribution in [0.2, 0.25) is 0 Å². The van der Waals surface area contributed by atoms with Crippen molar-refractivity contribution in [2.45, 2.75) is 10.8 Å². The van der Waals surface area contributed by atoms with Crippen LogP contribution in [0, 0.1) is 0 Å². The quantitative estimate of drug-likeness (QED) is 0.866. The Morgan fingerprint density at radius 2 is 1.72 bits per heavy atom. The molecule has 0 saturated heterocycles. The molecule has 0 aliphatic heterocycles. The molecular formula is C12H10BrNO3S. The number of pyridine rings is 1. The Kier molecular flexibility index (Phi) is 3.68. The molecule has 0 amide bonds. The lowest BCUT2D eigenvalue weighted by molar-refractivity contribution is 0.582. The Hall–Kier alpha value is -1.40. The monoisotopic (exact) mass is 327 g/mol. The zero-order valence-electron chi connectivity index (χ0n) is 9.28. The maximum absolute atomic E-state index is 12.1. The van der Waals surface area contributed by atoms with Gasteiger partial charge in [0.2, 0.25) is 0 Å². The van der Waals surface area contributed by atoms with Crippen LogP contribution in [0.3, 0.4) is 0 Å². The van der Waals surface area contributed by atoms with Gasteiger partial charge in [0.1, 0.15) is 5.88 Å². The summed E-state index contributed by atoms with van der Waals surface area (Å²) in [5, 5.41) is 0. The number of benzene rings is 1. The van der Waals surface area contributed by atoms with Gasteiger partial charge in [-0.25, -0.2) is 8.42 Å². The number of hydrogen-bond acceptors (Lipinski definition) is 3. The van der Waals surface area contributed by atoms with Gasteiger partial charge >= 0.3 is 0 Å². The van der Waals surface area contributed by atoms with Crippen LogP contribution in [0.1, 0.15) is 0 Å². The summed E-state index contributed by atoms with van der Waals surface area (Å²) in [5.74, 6) is -0.353. The second kappa shape index (κ2) is 5.07. The molecule has 0 atom stereocenters. The van der Waals surface area contributed by atoms with Gasteiger partial charge in [0.15, 0.2) is 9.84 Å². The number of hydrogen-bond donors (Lipinski definition) is 0. The second-order valence-corrected chi connectivity index (χ2v) is 6.58. The third kappa shape index (κ3) is 2.88. The predicted molar refractivity (Wildman–Crippen MR) is 72.0 cm³/mol. The van der Waals surface area contributed by atoms with Crippen LogP contribution in [0.4, 0.5) is 0 Å². The summed E-state index contributed by atoms with van der Waals surface area (Å²) < 4.78 is 26.1. The first-order valence-corrected chi connectivity index (χ1v) is 7.57. The standard InChI is InChI=1S/C12H10BrNO3S/c13-10-4-6-11(7-5-10)18(16,17)9-14-8-2-1-3-12(14)15/h1-8H,9H2. The highest BCUT2D eigenvalue weighted by Crippen LogP contribution is 2.16. The molecule has 0 spiro atoms. The molecule has 18 heavy (non-hydrogen) atoms. The lowest BCUT2D eigenvalue weighted by Crippen LogP contribution is -2.22. The van der Waals surface area contributed by atoms with E-state index in [-0.39, 0.29) is 16.3 Å². The van der Waals surface area contributed by atoms with Crippen LogP contribution < -0.4 is 5.56 Å². The zero-order valence-corrected chi connectivity index (χ0v) is 11.7. The van der Waals surface area contributed by atoms with E-state index in [1.54, 1.807) is 24.3 Å². The first-order chi connectivity index (χ1) is 8.49. The fraction of sp³-hybridized carbons (Fsp3) is 0.0833. The molecule has 1 aromatic heterocycles. The molecule has 0 fully saturated rings. The molecule has 4 nitrogen and oxygen atoms in total. The van der Waals surface area contributed by atoms with E-state index in [1.807, 2.05) is 0 Å². The van der Waals surface area contributed by atoms with Crippen molar-refractivity contribution in [3.8, 4) is 0 Å². The Morgan fingerprint density at radius 1 is 1.06 bits per heavy atom. The molecule has 0 unspecified atom stereocenters. The van der Waals surface area contributed by atoms with E-state index in [9.17, 15) is 13.2 Å². The minimum atomic E-state index is -3.51. The fourth-order valence-electron chi connectivity index (χ4n) is 1.47. The molecule has 0 aliphatic rings. The topological polar surface area (TPSA) is 56.1 Å². The highest BCUT2D eigenvalue weighted by molar-refractivity contribution is 9.10. The molecule has 6 heteroatoms. The van der Waals surface area contributed by atoms with E-state index < -0.39 is 9.84 Å². The van der Waals surface area contributed by atoms with Gasteiger partial charge in [0.25, 0.3) is 5.56 Å². The van der Waals surface area contributed by atoms with Gasteiger partial charge in [0, 0.05) is 16.7 Å². The Bertz CT molecular complexity index is 705. The van der Waals surface area contributed by atoms with E-state index in [0.29, 0.717) is 0 Å². The third-order valence-corrected chi connectivity index (χ3v) is 4.52. The van der Waals surface area contributed by atoms with Crippen molar-refractivity contribution in [1.82, 2.24) is 4.57 Å². The van der Waals surface area contributed by atoms with Crippen LogP contribution in [0.25, 0.3) is 0 Å². The molecule has 1 aromatic carbocycles. The van der Waals surface area contributed by atoms with Crippen molar-refractivity contribution < 1.29 is 8.42 Å². The summed E-state index contributed by atoms with van der Waals surface area (Å²) in [7, 11) is -3.51. The number of nitrogens with zero attached hydrogens (tertiary/aromatic N) is 1. The van der Waals surface area contributed by atoms with E-state index >= 15 is 0 Å². The average molecular weight is 328 g/mol. The first kappa shape index (κ1) is 13.0. The smallest absolute Gasteiger partial charge is 0.251 e. The molecule has 94 valence electrons. The minimum absolute atomic E-state index is 0.196. The number of halogens is 1. The molecule has 0 bridgehead atoms.